The number of aliphatic hydroxyl groups is 1. The number of aromatic nitrogens is 2. The zero-order valence-electron chi connectivity index (χ0n) is 8.89. The van der Waals surface area contributed by atoms with Crippen LogP contribution in [0.2, 0.25) is 0 Å². The molecule has 4 heteroatoms. The van der Waals surface area contributed by atoms with Gasteiger partial charge in [0.25, 0.3) is 0 Å². The van der Waals surface area contributed by atoms with Crippen molar-refractivity contribution in [3.63, 3.8) is 0 Å². The molecule has 1 N–H and O–H groups in total. The molecule has 0 spiro atoms. The Hall–Kier alpha value is -1.16. The van der Waals surface area contributed by atoms with Crippen molar-refractivity contribution in [3.05, 3.63) is 18.2 Å². The zero-order chi connectivity index (χ0) is 10.9. The molecule has 0 bridgehead atoms. The molecule has 1 aromatic rings. The van der Waals surface area contributed by atoms with Crippen molar-refractivity contribution in [2.24, 2.45) is 0 Å². The minimum Gasteiger partial charge on any atom is -0.390 e. The molecule has 0 unspecified atom stereocenters. The standard InChI is InChI=1S/C11H16N2O2/c1-11(15)4-2-10(3-5-11)13-6-9(7-14)12-8-13/h6-8,10,15H,2-5H2,1H3. The summed E-state index contributed by atoms with van der Waals surface area (Å²) in [6.45, 7) is 1.88. The van der Waals surface area contributed by atoms with Crippen LogP contribution in [0.3, 0.4) is 0 Å². The minimum atomic E-state index is -0.509. The number of aldehydes is 1. The van der Waals surface area contributed by atoms with Crippen molar-refractivity contribution in [3.8, 4) is 0 Å². The molecule has 4 nitrogen and oxygen atoms in total. The van der Waals surface area contributed by atoms with E-state index in [1.807, 2.05) is 11.5 Å². The summed E-state index contributed by atoms with van der Waals surface area (Å²) in [5.74, 6) is 0. The first-order valence-electron chi connectivity index (χ1n) is 5.32. The fourth-order valence-corrected chi connectivity index (χ4v) is 2.14. The average molecular weight is 208 g/mol. The summed E-state index contributed by atoms with van der Waals surface area (Å²) in [6, 6.07) is 0.381. The van der Waals surface area contributed by atoms with E-state index in [2.05, 4.69) is 4.98 Å². The van der Waals surface area contributed by atoms with Crippen LogP contribution < -0.4 is 0 Å². The predicted molar refractivity (Wildman–Crippen MR) is 55.7 cm³/mol. The van der Waals surface area contributed by atoms with Crippen LogP contribution in [0.15, 0.2) is 12.5 Å². The van der Waals surface area contributed by atoms with E-state index in [9.17, 15) is 9.90 Å². The Labute approximate surface area is 88.9 Å². The van der Waals surface area contributed by atoms with Gasteiger partial charge < -0.3 is 9.67 Å². The summed E-state index contributed by atoms with van der Waals surface area (Å²) in [4.78, 5) is 14.5. The summed E-state index contributed by atoms with van der Waals surface area (Å²) in [7, 11) is 0. The van der Waals surface area contributed by atoms with Crippen molar-refractivity contribution < 1.29 is 9.90 Å². The van der Waals surface area contributed by atoms with E-state index in [0.29, 0.717) is 11.7 Å². The Bertz CT molecular complexity index is 347. The van der Waals surface area contributed by atoms with Crippen molar-refractivity contribution in [2.45, 2.75) is 44.2 Å². The average Bonchev–Trinajstić information content (AvgIpc) is 2.66. The van der Waals surface area contributed by atoms with E-state index in [4.69, 9.17) is 0 Å². The van der Waals surface area contributed by atoms with Gasteiger partial charge in [-0.2, -0.15) is 0 Å². The van der Waals surface area contributed by atoms with Gasteiger partial charge in [-0.15, -0.1) is 0 Å². The Morgan fingerprint density at radius 2 is 2.27 bits per heavy atom. The number of hydrogen-bond acceptors (Lipinski definition) is 3. The molecule has 82 valence electrons. The van der Waals surface area contributed by atoms with Crippen LogP contribution in [0.25, 0.3) is 0 Å². The molecule has 15 heavy (non-hydrogen) atoms. The molecule has 1 aliphatic carbocycles. The summed E-state index contributed by atoms with van der Waals surface area (Å²) in [6.07, 6.45) is 7.75. The van der Waals surface area contributed by atoms with Gasteiger partial charge >= 0.3 is 0 Å². The number of nitrogens with zero attached hydrogens (tertiary/aromatic N) is 2. The van der Waals surface area contributed by atoms with E-state index in [1.54, 1.807) is 12.5 Å². The molecule has 1 heterocycles. The van der Waals surface area contributed by atoms with Crippen LogP contribution >= 0.6 is 0 Å². The first kappa shape index (κ1) is 10.4. The molecular weight excluding hydrogens is 192 g/mol. The van der Waals surface area contributed by atoms with Crippen molar-refractivity contribution >= 4 is 6.29 Å². The number of carbonyl (C=O) groups excluding carboxylic acids is 1. The zero-order valence-corrected chi connectivity index (χ0v) is 8.89. The fraction of sp³-hybridized carbons (Fsp3) is 0.636. The van der Waals surface area contributed by atoms with Gasteiger partial charge in [-0.25, -0.2) is 4.98 Å². The minimum absolute atomic E-state index is 0.381. The number of imidazole rings is 1. The van der Waals surface area contributed by atoms with Crippen molar-refractivity contribution in [1.82, 2.24) is 9.55 Å². The second-order valence-electron chi connectivity index (χ2n) is 4.59. The SMILES string of the molecule is CC1(O)CCC(n2cnc(C=O)c2)CC1. The quantitative estimate of drug-likeness (QED) is 0.750. The molecule has 0 saturated heterocycles. The highest BCUT2D eigenvalue weighted by atomic mass is 16.3. The molecule has 1 saturated carbocycles. The summed E-state index contributed by atoms with van der Waals surface area (Å²) >= 11 is 0. The maximum Gasteiger partial charge on any atom is 0.169 e. The molecule has 0 aliphatic heterocycles. The Kier molecular flexibility index (Phi) is 2.61. The Morgan fingerprint density at radius 1 is 1.60 bits per heavy atom. The third-order valence-electron chi connectivity index (χ3n) is 3.20. The molecule has 0 aromatic carbocycles. The van der Waals surface area contributed by atoms with E-state index in [0.717, 1.165) is 32.0 Å². The molecule has 1 aliphatic rings. The summed E-state index contributed by atoms with van der Waals surface area (Å²) < 4.78 is 1.99. The molecule has 0 radical (unpaired) electrons. The summed E-state index contributed by atoms with van der Waals surface area (Å²) in [5, 5.41) is 9.81. The van der Waals surface area contributed by atoms with Gasteiger partial charge in [0.05, 0.1) is 11.9 Å². The van der Waals surface area contributed by atoms with Gasteiger partial charge in [0.2, 0.25) is 0 Å². The van der Waals surface area contributed by atoms with Crippen molar-refractivity contribution in [2.75, 3.05) is 0 Å². The lowest BCUT2D eigenvalue weighted by Gasteiger charge is -2.33. The van der Waals surface area contributed by atoms with Crippen LogP contribution in [0, 0.1) is 0 Å². The van der Waals surface area contributed by atoms with E-state index < -0.39 is 5.60 Å². The van der Waals surface area contributed by atoms with Crippen LogP contribution in [0.5, 0.6) is 0 Å². The molecule has 0 atom stereocenters. The highest BCUT2D eigenvalue weighted by molar-refractivity contribution is 5.70. The van der Waals surface area contributed by atoms with Crippen LogP contribution in [0.4, 0.5) is 0 Å². The van der Waals surface area contributed by atoms with Gasteiger partial charge in [-0.05, 0) is 32.6 Å². The molecule has 1 aromatic heterocycles. The normalized spacial score (nSPS) is 31.5. The Morgan fingerprint density at radius 3 is 2.80 bits per heavy atom. The lowest BCUT2D eigenvalue weighted by molar-refractivity contribution is 0.00991. The maximum absolute atomic E-state index is 10.5. The third kappa shape index (κ3) is 2.26. The first-order valence-corrected chi connectivity index (χ1v) is 5.32. The van der Waals surface area contributed by atoms with E-state index in [1.165, 1.54) is 0 Å². The van der Waals surface area contributed by atoms with Crippen LogP contribution in [-0.4, -0.2) is 26.5 Å². The number of hydrogen-bond donors (Lipinski definition) is 1. The smallest absolute Gasteiger partial charge is 0.169 e. The number of rotatable bonds is 2. The lowest BCUT2D eigenvalue weighted by Crippen LogP contribution is -2.31. The van der Waals surface area contributed by atoms with E-state index in [-0.39, 0.29) is 0 Å². The summed E-state index contributed by atoms with van der Waals surface area (Å²) in [5.41, 5.74) is -0.0303. The third-order valence-corrected chi connectivity index (χ3v) is 3.20. The molecule has 2 rings (SSSR count). The largest absolute Gasteiger partial charge is 0.390 e. The molecule has 0 amide bonds. The highest BCUT2D eigenvalue weighted by Crippen LogP contribution is 2.34. The predicted octanol–water partition coefficient (Wildman–Crippen LogP) is 1.56. The number of carbonyl (C=O) groups is 1. The lowest BCUT2D eigenvalue weighted by atomic mass is 9.83. The van der Waals surface area contributed by atoms with Crippen molar-refractivity contribution in [1.29, 1.82) is 0 Å². The maximum atomic E-state index is 10.5. The topological polar surface area (TPSA) is 55.1 Å². The highest BCUT2D eigenvalue weighted by Gasteiger charge is 2.29. The molecular formula is C11H16N2O2. The van der Waals surface area contributed by atoms with Gasteiger partial charge in [0.15, 0.2) is 6.29 Å². The van der Waals surface area contributed by atoms with E-state index >= 15 is 0 Å². The Balaban J connectivity index is 2.04. The monoisotopic (exact) mass is 208 g/mol. The first-order chi connectivity index (χ1) is 7.11. The van der Waals surface area contributed by atoms with Gasteiger partial charge in [-0.1, -0.05) is 0 Å². The fourth-order valence-electron chi connectivity index (χ4n) is 2.14. The van der Waals surface area contributed by atoms with Crippen LogP contribution in [0.1, 0.15) is 49.1 Å². The van der Waals surface area contributed by atoms with Crippen LogP contribution in [-0.2, 0) is 0 Å². The van der Waals surface area contributed by atoms with Gasteiger partial charge in [0, 0.05) is 12.2 Å². The van der Waals surface area contributed by atoms with Gasteiger partial charge in [0.1, 0.15) is 5.69 Å². The van der Waals surface area contributed by atoms with Gasteiger partial charge in [-0.3, -0.25) is 4.79 Å². The molecule has 1 fully saturated rings. The second-order valence-corrected chi connectivity index (χ2v) is 4.59. The second kappa shape index (κ2) is 3.77.